The van der Waals surface area contributed by atoms with Gasteiger partial charge in [0.05, 0.1) is 13.7 Å². The smallest absolute Gasteiger partial charge is 0.467 e. The predicted octanol–water partition coefficient (Wildman–Crippen LogP) is 4.40. The van der Waals surface area contributed by atoms with Gasteiger partial charge in [0.25, 0.3) is 0 Å². The van der Waals surface area contributed by atoms with Crippen LogP contribution < -0.4 is 5.32 Å². The van der Waals surface area contributed by atoms with Crippen molar-refractivity contribution >= 4 is 19.7 Å². The number of carbonyl (C=O) groups excluding carboxylic acids is 2. The van der Waals surface area contributed by atoms with Crippen LogP contribution in [0.5, 0.6) is 0 Å². The Bertz CT molecular complexity index is 533. The standard InChI is InChI=1S/C21H40NO7P/c1-3-4-5-6-7-8-9-10-11-12-13-14-15-16-17-20(23)22-19(21(24)28-2)18-29-30(25,26)27/h10-11,19H,3-9,12-18H2,1-2H3,(H,22,23)(H2,25,26,27)/b11-10-/t19-/m0/s1. The number of hydrogen-bond acceptors (Lipinski definition) is 5. The van der Waals surface area contributed by atoms with E-state index in [1.165, 1.54) is 38.5 Å². The molecule has 0 aliphatic carbocycles. The zero-order valence-corrected chi connectivity index (χ0v) is 19.4. The first-order valence-corrected chi connectivity index (χ1v) is 12.6. The second-order valence-electron chi connectivity index (χ2n) is 7.41. The van der Waals surface area contributed by atoms with Gasteiger partial charge in [0.15, 0.2) is 6.04 Å². The van der Waals surface area contributed by atoms with Crippen molar-refractivity contribution in [3.05, 3.63) is 12.2 Å². The summed E-state index contributed by atoms with van der Waals surface area (Å²) in [6.45, 7) is 1.58. The zero-order chi connectivity index (χ0) is 22.7. The van der Waals surface area contributed by atoms with Gasteiger partial charge in [-0.25, -0.2) is 9.36 Å². The van der Waals surface area contributed by atoms with Crippen LogP contribution in [0.2, 0.25) is 0 Å². The van der Waals surface area contributed by atoms with Crippen molar-refractivity contribution in [2.75, 3.05) is 13.7 Å². The molecule has 0 saturated heterocycles. The normalized spacial score (nSPS) is 12.8. The highest BCUT2D eigenvalue weighted by atomic mass is 31.2. The number of unbranched alkanes of at least 4 members (excludes halogenated alkanes) is 10. The van der Waals surface area contributed by atoms with Crippen molar-refractivity contribution in [1.82, 2.24) is 5.32 Å². The van der Waals surface area contributed by atoms with Crippen molar-refractivity contribution in [2.45, 2.75) is 96.4 Å². The SMILES string of the molecule is CCCCCCCC/C=C\CCCCCCC(=O)N[C@@H](COP(=O)(O)O)C(=O)OC. The monoisotopic (exact) mass is 449 g/mol. The molecule has 0 aliphatic heterocycles. The van der Waals surface area contributed by atoms with E-state index in [2.05, 4.69) is 33.7 Å². The number of phosphoric acid groups is 1. The summed E-state index contributed by atoms with van der Waals surface area (Å²) in [5.74, 6) is -1.19. The van der Waals surface area contributed by atoms with E-state index in [0.29, 0.717) is 6.42 Å². The van der Waals surface area contributed by atoms with E-state index in [0.717, 1.165) is 39.2 Å². The average Bonchev–Trinajstić information content (AvgIpc) is 2.70. The summed E-state index contributed by atoms with van der Waals surface area (Å²) in [6.07, 6.45) is 18.5. The lowest BCUT2D eigenvalue weighted by Crippen LogP contribution is -2.44. The van der Waals surface area contributed by atoms with Gasteiger partial charge in [-0.15, -0.1) is 0 Å². The van der Waals surface area contributed by atoms with Crippen LogP contribution >= 0.6 is 7.82 Å². The minimum Gasteiger partial charge on any atom is -0.467 e. The average molecular weight is 450 g/mol. The molecule has 0 rings (SSSR count). The molecule has 0 saturated carbocycles. The molecule has 0 fully saturated rings. The van der Waals surface area contributed by atoms with Gasteiger partial charge in [-0.2, -0.15) is 0 Å². The fourth-order valence-corrected chi connectivity index (χ4v) is 3.27. The molecule has 0 aromatic rings. The topological polar surface area (TPSA) is 122 Å². The second kappa shape index (κ2) is 18.6. The summed E-state index contributed by atoms with van der Waals surface area (Å²) in [6, 6.07) is -1.24. The molecule has 1 amide bonds. The van der Waals surface area contributed by atoms with Gasteiger partial charge >= 0.3 is 13.8 Å². The third kappa shape index (κ3) is 18.8. The van der Waals surface area contributed by atoms with E-state index in [1.807, 2.05) is 0 Å². The Balaban J connectivity index is 3.76. The van der Waals surface area contributed by atoms with Gasteiger partial charge in [0.1, 0.15) is 0 Å². The maximum Gasteiger partial charge on any atom is 0.469 e. The van der Waals surface area contributed by atoms with Crippen molar-refractivity contribution < 1.29 is 33.2 Å². The van der Waals surface area contributed by atoms with E-state index in [9.17, 15) is 14.2 Å². The molecule has 1 atom stereocenters. The molecular formula is C21H40NO7P. The van der Waals surface area contributed by atoms with Crippen LogP contribution in [0.15, 0.2) is 12.2 Å². The molecule has 0 aliphatic rings. The second-order valence-corrected chi connectivity index (χ2v) is 8.65. The first-order chi connectivity index (χ1) is 14.3. The van der Waals surface area contributed by atoms with Crippen molar-refractivity contribution in [1.29, 1.82) is 0 Å². The molecule has 30 heavy (non-hydrogen) atoms. The molecule has 0 aromatic carbocycles. The third-order valence-electron chi connectivity index (χ3n) is 4.65. The molecule has 9 heteroatoms. The number of hydrogen-bond donors (Lipinski definition) is 3. The summed E-state index contributed by atoms with van der Waals surface area (Å²) in [4.78, 5) is 41.0. The Labute approximate surface area is 181 Å². The highest BCUT2D eigenvalue weighted by Gasteiger charge is 2.25. The molecule has 0 aromatic heterocycles. The van der Waals surface area contributed by atoms with Gasteiger partial charge in [0, 0.05) is 6.42 Å². The number of ether oxygens (including phenoxy) is 1. The summed E-state index contributed by atoms with van der Waals surface area (Å²) in [7, 11) is -3.60. The maximum absolute atomic E-state index is 11.9. The van der Waals surface area contributed by atoms with Crippen LogP contribution in [0, 0.1) is 0 Å². The van der Waals surface area contributed by atoms with Crippen molar-refractivity contribution in [3.8, 4) is 0 Å². The molecule has 0 radical (unpaired) electrons. The lowest BCUT2D eigenvalue weighted by Gasteiger charge is -2.16. The van der Waals surface area contributed by atoms with Crippen LogP contribution in [-0.2, 0) is 23.4 Å². The Hall–Kier alpha value is -1.21. The summed E-state index contributed by atoms with van der Waals surface area (Å²) < 4.78 is 19.6. The summed E-state index contributed by atoms with van der Waals surface area (Å²) in [5.41, 5.74) is 0. The highest BCUT2D eigenvalue weighted by molar-refractivity contribution is 7.46. The minimum absolute atomic E-state index is 0.233. The van der Waals surface area contributed by atoms with E-state index in [4.69, 9.17) is 9.79 Å². The van der Waals surface area contributed by atoms with E-state index in [1.54, 1.807) is 0 Å². The van der Waals surface area contributed by atoms with Crippen molar-refractivity contribution in [3.63, 3.8) is 0 Å². The Morgan fingerprint density at radius 3 is 2.00 bits per heavy atom. The van der Waals surface area contributed by atoms with E-state index < -0.39 is 26.4 Å². The molecule has 0 heterocycles. The number of esters is 1. The number of amides is 1. The third-order valence-corrected chi connectivity index (χ3v) is 5.13. The van der Waals surface area contributed by atoms with Crippen LogP contribution in [0.4, 0.5) is 0 Å². The van der Waals surface area contributed by atoms with E-state index in [-0.39, 0.29) is 12.3 Å². The number of rotatable bonds is 19. The molecular weight excluding hydrogens is 409 g/mol. The van der Waals surface area contributed by atoms with Gasteiger partial charge < -0.3 is 19.8 Å². The Morgan fingerprint density at radius 1 is 0.933 bits per heavy atom. The van der Waals surface area contributed by atoms with Crippen LogP contribution in [0.1, 0.15) is 90.4 Å². The lowest BCUT2D eigenvalue weighted by atomic mass is 10.1. The predicted molar refractivity (Wildman–Crippen MR) is 117 cm³/mol. The Kier molecular flexibility index (Phi) is 17.8. The molecule has 0 spiro atoms. The first kappa shape index (κ1) is 28.8. The number of allylic oxidation sites excluding steroid dienone is 2. The minimum atomic E-state index is -4.73. The van der Waals surface area contributed by atoms with Gasteiger partial charge in [0.2, 0.25) is 5.91 Å². The quantitative estimate of drug-likeness (QED) is 0.116. The number of nitrogens with one attached hydrogen (secondary N) is 1. The highest BCUT2D eigenvalue weighted by Crippen LogP contribution is 2.35. The summed E-state index contributed by atoms with van der Waals surface area (Å²) in [5, 5.41) is 2.39. The zero-order valence-electron chi connectivity index (χ0n) is 18.5. The van der Waals surface area contributed by atoms with Gasteiger partial charge in [-0.3, -0.25) is 9.32 Å². The van der Waals surface area contributed by atoms with Gasteiger partial charge in [-0.05, 0) is 32.1 Å². The lowest BCUT2D eigenvalue weighted by molar-refractivity contribution is -0.146. The Morgan fingerprint density at radius 2 is 1.47 bits per heavy atom. The molecule has 0 unspecified atom stereocenters. The number of carbonyl (C=O) groups is 2. The maximum atomic E-state index is 11.9. The fraction of sp³-hybridized carbons (Fsp3) is 0.810. The number of phosphoric ester groups is 1. The van der Waals surface area contributed by atoms with Crippen LogP contribution in [0.25, 0.3) is 0 Å². The van der Waals surface area contributed by atoms with Crippen LogP contribution in [0.3, 0.4) is 0 Å². The van der Waals surface area contributed by atoms with Crippen LogP contribution in [-0.4, -0.2) is 41.4 Å². The molecule has 8 nitrogen and oxygen atoms in total. The molecule has 3 N–H and O–H groups in total. The largest absolute Gasteiger partial charge is 0.469 e. The fourth-order valence-electron chi connectivity index (χ4n) is 2.93. The molecule has 176 valence electrons. The van der Waals surface area contributed by atoms with Gasteiger partial charge in [-0.1, -0.05) is 64.0 Å². The van der Waals surface area contributed by atoms with E-state index >= 15 is 0 Å². The summed E-state index contributed by atoms with van der Waals surface area (Å²) >= 11 is 0. The van der Waals surface area contributed by atoms with Crippen molar-refractivity contribution in [2.24, 2.45) is 0 Å². The molecule has 0 bridgehead atoms. The number of methoxy groups -OCH3 is 1. The first-order valence-electron chi connectivity index (χ1n) is 11.0.